The Labute approximate surface area is 217 Å². The van der Waals surface area contributed by atoms with E-state index in [1.807, 2.05) is 0 Å². The van der Waals surface area contributed by atoms with Gasteiger partial charge in [-0.25, -0.2) is 0 Å². The number of hydrogen-bond donors (Lipinski definition) is 0. The predicted molar refractivity (Wildman–Crippen MR) is 158 cm³/mol. The molecule has 4 aromatic rings. The van der Waals surface area contributed by atoms with E-state index in [4.69, 9.17) is 0 Å². The van der Waals surface area contributed by atoms with Crippen molar-refractivity contribution in [2.24, 2.45) is 17.3 Å². The van der Waals surface area contributed by atoms with Crippen LogP contribution in [0, 0.1) is 17.3 Å². The van der Waals surface area contributed by atoms with E-state index in [1.165, 1.54) is 46.4 Å². The molecule has 0 nitrogen and oxygen atoms in total. The van der Waals surface area contributed by atoms with Crippen LogP contribution in [0.3, 0.4) is 0 Å². The summed E-state index contributed by atoms with van der Waals surface area (Å²) in [5.41, 5.74) is 0.647. The monoisotopic (exact) mass is 486 g/mol. The van der Waals surface area contributed by atoms with Crippen molar-refractivity contribution in [3.05, 3.63) is 121 Å². The normalized spacial score (nSPS) is 21.9. The molecule has 2 aliphatic rings. The van der Waals surface area contributed by atoms with Crippen LogP contribution in [0.1, 0.15) is 12.8 Å². The van der Waals surface area contributed by atoms with Gasteiger partial charge in [0.05, 0.1) is 0 Å². The zero-order chi connectivity index (χ0) is 22.1. The molecular weight excluding hydrogens is 456 g/mol. The van der Waals surface area contributed by atoms with Crippen molar-refractivity contribution in [3.63, 3.8) is 0 Å². The summed E-state index contributed by atoms with van der Waals surface area (Å²) in [7, 11) is -0.536. The van der Waals surface area contributed by atoms with Gasteiger partial charge < -0.3 is 0 Å². The average Bonchev–Trinajstić information content (AvgIpc) is 3.79. The molecule has 0 N–H and O–H groups in total. The third kappa shape index (κ3) is 5.50. The van der Waals surface area contributed by atoms with Crippen molar-refractivity contribution in [1.82, 2.24) is 0 Å². The first-order valence-corrected chi connectivity index (χ1v) is 15.1. The van der Waals surface area contributed by atoms with Crippen molar-refractivity contribution < 1.29 is 0 Å². The zero-order valence-corrected chi connectivity index (χ0v) is 21.9. The van der Waals surface area contributed by atoms with Crippen molar-refractivity contribution in [3.8, 4) is 0 Å². The van der Waals surface area contributed by atoms with Crippen LogP contribution in [0.4, 0.5) is 0 Å². The molecule has 0 amide bonds. The Balaban J connectivity index is 0.00000144. The average molecular weight is 486 g/mol. The first-order valence-electron chi connectivity index (χ1n) is 12.1. The molecule has 6 rings (SSSR count). The summed E-state index contributed by atoms with van der Waals surface area (Å²) in [6.45, 7) is 0. The van der Waals surface area contributed by atoms with E-state index in [0.717, 1.165) is 11.8 Å². The van der Waals surface area contributed by atoms with Gasteiger partial charge in [-0.1, -0.05) is 121 Å². The number of rotatable bonds is 8. The standard InChI is InChI=1S/C31H30P2.2B/c1-5-13-27(14-6-1)32(28-15-7-2-8-16-28)23-25-21-31(25)22-26(31)24-33(29-17-9-3-10-18-29)30-19-11-4-12-20-30;;/h1-20,25-26H,21-24H2;;/t25-,26+,31?;;. The van der Waals surface area contributed by atoms with Crippen molar-refractivity contribution in [2.75, 3.05) is 12.3 Å². The fourth-order valence-electron chi connectivity index (χ4n) is 5.63. The summed E-state index contributed by atoms with van der Waals surface area (Å²) in [6.07, 6.45) is 5.61. The molecule has 6 radical (unpaired) electrons. The Kier molecular flexibility index (Phi) is 8.37. The minimum absolute atomic E-state index is 0. The lowest BCUT2D eigenvalue weighted by atomic mass is 10.3. The van der Waals surface area contributed by atoms with Crippen LogP contribution in [-0.2, 0) is 0 Å². The summed E-state index contributed by atoms with van der Waals surface area (Å²) in [5, 5.41) is 6.14. The SMILES string of the molecule is [B].[B].c1ccc(P(C[C@@H]2CC23C[C@@H]3CP(c2ccccc2)c2ccccc2)c2ccccc2)cc1. The maximum atomic E-state index is 2.35. The number of hydrogen-bond acceptors (Lipinski definition) is 0. The molecule has 0 bridgehead atoms. The van der Waals surface area contributed by atoms with Gasteiger partial charge >= 0.3 is 0 Å². The lowest BCUT2D eigenvalue weighted by molar-refractivity contribution is 0.704. The predicted octanol–water partition coefficient (Wildman–Crippen LogP) is 5.52. The molecule has 1 unspecified atom stereocenters. The molecule has 1 spiro atoms. The van der Waals surface area contributed by atoms with E-state index >= 15 is 0 Å². The van der Waals surface area contributed by atoms with E-state index in [9.17, 15) is 0 Å². The second kappa shape index (κ2) is 11.3. The quantitative estimate of drug-likeness (QED) is 0.228. The maximum Gasteiger partial charge on any atom is 0 e. The molecular formula is C31H30B2P2. The maximum absolute atomic E-state index is 2.35. The topological polar surface area (TPSA) is 0 Å². The second-order valence-corrected chi connectivity index (χ2v) is 14.1. The van der Waals surface area contributed by atoms with Crippen LogP contribution in [0.5, 0.6) is 0 Å². The zero-order valence-electron chi connectivity index (χ0n) is 20.1. The lowest BCUT2D eigenvalue weighted by Gasteiger charge is -2.20. The molecule has 4 aromatic carbocycles. The summed E-state index contributed by atoms with van der Waals surface area (Å²) >= 11 is 0. The molecule has 0 aromatic heterocycles. The Bertz CT molecular complexity index is 1010. The van der Waals surface area contributed by atoms with Gasteiger partial charge in [-0.2, -0.15) is 0 Å². The smallest absolute Gasteiger partial charge is 0 e. The molecule has 35 heavy (non-hydrogen) atoms. The van der Waals surface area contributed by atoms with Crippen LogP contribution < -0.4 is 21.2 Å². The Hall–Kier alpha value is -2.13. The highest BCUT2D eigenvalue weighted by atomic mass is 31.1. The van der Waals surface area contributed by atoms with Crippen LogP contribution in [-0.4, -0.2) is 29.1 Å². The first kappa shape index (κ1) is 25.9. The van der Waals surface area contributed by atoms with E-state index in [-0.39, 0.29) is 32.7 Å². The molecule has 2 saturated carbocycles. The van der Waals surface area contributed by atoms with E-state index in [0.29, 0.717) is 5.41 Å². The van der Waals surface area contributed by atoms with Gasteiger partial charge in [-0.05, 0) is 79.5 Å². The third-order valence-electron chi connectivity index (χ3n) is 7.64. The number of benzene rings is 4. The Morgan fingerprint density at radius 3 is 0.971 bits per heavy atom. The molecule has 170 valence electrons. The largest absolute Gasteiger partial charge is 0.0622 e. The fourth-order valence-corrected chi connectivity index (χ4v) is 11.1. The summed E-state index contributed by atoms with van der Waals surface area (Å²) in [6, 6.07) is 45.1. The third-order valence-corrected chi connectivity index (χ3v) is 12.9. The Morgan fingerprint density at radius 1 is 0.457 bits per heavy atom. The molecule has 0 aliphatic heterocycles. The minimum atomic E-state index is -0.268. The van der Waals surface area contributed by atoms with Crippen molar-refractivity contribution in [2.45, 2.75) is 12.8 Å². The minimum Gasteiger partial charge on any atom is -0.0622 e. The van der Waals surface area contributed by atoms with Crippen LogP contribution in [0.2, 0.25) is 0 Å². The van der Waals surface area contributed by atoms with Gasteiger partial charge in [-0.3, -0.25) is 0 Å². The molecule has 2 aliphatic carbocycles. The van der Waals surface area contributed by atoms with Crippen molar-refractivity contribution >= 4 is 53.9 Å². The highest BCUT2D eigenvalue weighted by Crippen LogP contribution is 2.77. The van der Waals surface area contributed by atoms with Crippen molar-refractivity contribution in [1.29, 1.82) is 0 Å². The molecule has 2 fully saturated rings. The summed E-state index contributed by atoms with van der Waals surface area (Å²) < 4.78 is 0. The molecule has 3 atom stereocenters. The molecule has 4 heteroatoms. The second-order valence-electron chi connectivity index (χ2n) is 9.60. The van der Waals surface area contributed by atoms with Gasteiger partial charge in [-0.15, -0.1) is 0 Å². The van der Waals surface area contributed by atoms with Gasteiger partial charge in [0.2, 0.25) is 0 Å². The van der Waals surface area contributed by atoms with Gasteiger partial charge in [0, 0.05) is 16.8 Å². The summed E-state index contributed by atoms with van der Waals surface area (Å²) in [4.78, 5) is 0. The first-order chi connectivity index (χ1) is 16.3. The Morgan fingerprint density at radius 2 is 0.714 bits per heavy atom. The van der Waals surface area contributed by atoms with E-state index < -0.39 is 0 Å². The van der Waals surface area contributed by atoms with Gasteiger partial charge in [0.1, 0.15) is 0 Å². The highest BCUT2D eigenvalue weighted by Gasteiger charge is 2.69. The van der Waals surface area contributed by atoms with Gasteiger partial charge in [0.15, 0.2) is 0 Å². The fraction of sp³-hybridized carbons (Fsp3) is 0.226. The van der Waals surface area contributed by atoms with Gasteiger partial charge in [0.25, 0.3) is 0 Å². The van der Waals surface area contributed by atoms with E-state index in [2.05, 4.69) is 121 Å². The highest BCUT2D eigenvalue weighted by molar-refractivity contribution is 7.73. The summed E-state index contributed by atoms with van der Waals surface area (Å²) in [5.74, 6) is 1.80. The van der Waals surface area contributed by atoms with Crippen LogP contribution >= 0.6 is 15.8 Å². The van der Waals surface area contributed by atoms with Crippen LogP contribution in [0.15, 0.2) is 121 Å². The van der Waals surface area contributed by atoms with E-state index in [1.54, 1.807) is 0 Å². The van der Waals surface area contributed by atoms with Crippen LogP contribution in [0.25, 0.3) is 0 Å². The molecule has 0 heterocycles. The lowest BCUT2D eigenvalue weighted by Crippen LogP contribution is -2.16. The molecule has 0 saturated heterocycles.